The van der Waals surface area contributed by atoms with E-state index in [1.807, 2.05) is 0 Å². The molecule has 0 fully saturated rings. The number of nitrogens with one attached hydrogen (secondary N) is 1. The number of hydrogen-bond acceptors (Lipinski definition) is 5. The third-order valence-electron chi connectivity index (χ3n) is 2.16. The Labute approximate surface area is 106 Å². The third kappa shape index (κ3) is 5.09. The highest BCUT2D eigenvalue weighted by atomic mass is 16.5. The summed E-state index contributed by atoms with van der Waals surface area (Å²) >= 11 is 0. The number of ether oxygens (including phenoxy) is 1. The fraction of sp³-hybridized carbons (Fsp3) is 0.583. The molecule has 0 spiro atoms. The molecule has 0 amide bonds. The van der Waals surface area contributed by atoms with Crippen molar-refractivity contribution >= 4 is 11.8 Å². The number of carboxylic acid groups (broad SMARTS) is 1. The number of rotatable bonds is 8. The number of carboxylic acids is 1. The Morgan fingerprint density at radius 3 is 3.00 bits per heavy atom. The lowest BCUT2D eigenvalue weighted by Gasteiger charge is -2.08. The van der Waals surface area contributed by atoms with Crippen LogP contribution in [0.4, 0.5) is 5.82 Å². The van der Waals surface area contributed by atoms with Crippen molar-refractivity contribution in [2.45, 2.75) is 20.3 Å². The van der Waals surface area contributed by atoms with Crippen LogP contribution in [0.15, 0.2) is 12.3 Å². The molecule has 0 aliphatic rings. The normalized spacial score (nSPS) is 10.6. The monoisotopic (exact) mass is 253 g/mol. The van der Waals surface area contributed by atoms with Gasteiger partial charge in [-0.25, -0.2) is 4.79 Å². The first-order chi connectivity index (χ1) is 8.61. The van der Waals surface area contributed by atoms with E-state index in [2.05, 4.69) is 29.4 Å². The van der Waals surface area contributed by atoms with E-state index in [4.69, 9.17) is 9.84 Å². The second kappa shape index (κ2) is 7.60. The molecule has 0 saturated heterocycles. The molecule has 1 rings (SSSR count). The Bertz CT molecular complexity index is 383. The van der Waals surface area contributed by atoms with Gasteiger partial charge in [0.05, 0.1) is 6.20 Å². The van der Waals surface area contributed by atoms with E-state index in [9.17, 15) is 4.79 Å². The molecule has 0 aromatic carbocycles. The van der Waals surface area contributed by atoms with E-state index in [-0.39, 0.29) is 5.56 Å². The van der Waals surface area contributed by atoms with Crippen LogP contribution < -0.4 is 5.32 Å². The molecule has 100 valence electrons. The molecule has 1 aromatic heterocycles. The van der Waals surface area contributed by atoms with Crippen molar-refractivity contribution in [2.24, 2.45) is 5.92 Å². The summed E-state index contributed by atoms with van der Waals surface area (Å²) in [5.74, 6) is -0.186. The highest BCUT2D eigenvalue weighted by molar-refractivity contribution is 5.92. The van der Waals surface area contributed by atoms with Gasteiger partial charge in [-0.3, -0.25) is 0 Å². The van der Waals surface area contributed by atoms with Gasteiger partial charge in [-0.15, -0.1) is 5.10 Å². The van der Waals surface area contributed by atoms with Crippen molar-refractivity contribution < 1.29 is 14.6 Å². The number of nitrogens with zero attached hydrogens (tertiary/aromatic N) is 2. The van der Waals surface area contributed by atoms with Gasteiger partial charge in [0, 0.05) is 19.8 Å². The van der Waals surface area contributed by atoms with Crippen molar-refractivity contribution in [3.05, 3.63) is 17.8 Å². The van der Waals surface area contributed by atoms with Gasteiger partial charge in [0.25, 0.3) is 0 Å². The molecule has 18 heavy (non-hydrogen) atoms. The van der Waals surface area contributed by atoms with Crippen LogP contribution in [0.1, 0.15) is 30.6 Å². The Morgan fingerprint density at radius 1 is 1.56 bits per heavy atom. The molecule has 1 heterocycles. The Morgan fingerprint density at radius 2 is 2.33 bits per heavy atom. The maximum atomic E-state index is 10.9. The van der Waals surface area contributed by atoms with Crippen molar-refractivity contribution in [2.75, 3.05) is 25.1 Å². The van der Waals surface area contributed by atoms with E-state index >= 15 is 0 Å². The fourth-order valence-electron chi connectivity index (χ4n) is 1.33. The molecule has 0 atom stereocenters. The number of hydrogen-bond donors (Lipinski definition) is 2. The first-order valence-electron chi connectivity index (χ1n) is 5.98. The zero-order valence-corrected chi connectivity index (χ0v) is 10.7. The first-order valence-corrected chi connectivity index (χ1v) is 5.98. The highest BCUT2D eigenvalue weighted by Gasteiger charge is 2.10. The van der Waals surface area contributed by atoms with E-state index < -0.39 is 5.97 Å². The number of carbonyl (C=O) groups is 1. The summed E-state index contributed by atoms with van der Waals surface area (Å²) in [5, 5.41) is 19.3. The molecular weight excluding hydrogens is 234 g/mol. The van der Waals surface area contributed by atoms with Crippen molar-refractivity contribution in [3.8, 4) is 0 Å². The SMILES string of the molecule is CC(C)COCCCNc1nnccc1C(=O)O. The van der Waals surface area contributed by atoms with Gasteiger partial charge >= 0.3 is 5.97 Å². The van der Waals surface area contributed by atoms with Gasteiger partial charge in [-0.1, -0.05) is 13.8 Å². The highest BCUT2D eigenvalue weighted by Crippen LogP contribution is 2.09. The van der Waals surface area contributed by atoms with Crippen LogP contribution in [0.3, 0.4) is 0 Å². The lowest BCUT2D eigenvalue weighted by molar-refractivity contribution is 0.0697. The second-order valence-electron chi connectivity index (χ2n) is 4.35. The summed E-state index contributed by atoms with van der Waals surface area (Å²) < 4.78 is 5.42. The molecule has 0 unspecified atom stereocenters. The van der Waals surface area contributed by atoms with Gasteiger partial charge < -0.3 is 15.2 Å². The summed E-state index contributed by atoms with van der Waals surface area (Å²) in [6.07, 6.45) is 2.16. The number of aromatic carboxylic acids is 1. The second-order valence-corrected chi connectivity index (χ2v) is 4.35. The minimum Gasteiger partial charge on any atom is -0.478 e. The van der Waals surface area contributed by atoms with Gasteiger partial charge in [0.1, 0.15) is 5.56 Å². The fourth-order valence-corrected chi connectivity index (χ4v) is 1.33. The Kier molecular flexibility index (Phi) is 6.07. The van der Waals surface area contributed by atoms with E-state index in [0.717, 1.165) is 13.0 Å². The number of aromatic nitrogens is 2. The zero-order valence-electron chi connectivity index (χ0n) is 10.7. The molecule has 6 heteroatoms. The maximum absolute atomic E-state index is 10.9. The van der Waals surface area contributed by atoms with Crippen LogP contribution in [-0.2, 0) is 4.74 Å². The molecule has 2 N–H and O–H groups in total. The summed E-state index contributed by atoms with van der Waals surface area (Å²) in [7, 11) is 0. The average Bonchev–Trinajstić information content (AvgIpc) is 2.33. The van der Waals surface area contributed by atoms with Gasteiger partial charge in [0.2, 0.25) is 0 Å². The van der Waals surface area contributed by atoms with Gasteiger partial charge in [-0.05, 0) is 18.4 Å². The molecular formula is C12H19N3O3. The minimum atomic E-state index is -1.01. The molecule has 6 nitrogen and oxygen atoms in total. The van der Waals surface area contributed by atoms with Crippen LogP contribution in [0.2, 0.25) is 0 Å². The smallest absolute Gasteiger partial charge is 0.339 e. The topological polar surface area (TPSA) is 84.3 Å². The van der Waals surface area contributed by atoms with Crippen LogP contribution in [0, 0.1) is 5.92 Å². The van der Waals surface area contributed by atoms with Crippen LogP contribution in [-0.4, -0.2) is 41.0 Å². The lowest BCUT2D eigenvalue weighted by Crippen LogP contribution is -2.12. The first kappa shape index (κ1) is 14.4. The summed E-state index contributed by atoms with van der Waals surface area (Å²) in [6, 6.07) is 1.42. The van der Waals surface area contributed by atoms with Crippen LogP contribution in [0.5, 0.6) is 0 Å². The van der Waals surface area contributed by atoms with Crippen molar-refractivity contribution in [1.29, 1.82) is 0 Å². The van der Waals surface area contributed by atoms with Crippen molar-refractivity contribution in [3.63, 3.8) is 0 Å². The summed E-state index contributed by atoms with van der Waals surface area (Å²) in [4.78, 5) is 10.9. The third-order valence-corrected chi connectivity index (χ3v) is 2.16. The van der Waals surface area contributed by atoms with E-state index in [1.165, 1.54) is 12.3 Å². The van der Waals surface area contributed by atoms with Gasteiger partial charge in [0.15, 0.2) is 5.82 Å². The summed E-state index contributed by atoms with van der Waals surface area (Å²) in [6.45, 7) is 6.18. The molecule has 0 bridgehead atoms. The Balaban J connectivity index is 2.29. The van der Waals surface area contributed by atoms with Crippen LogP contribution >= 0.6 is 0 Å². The summed E-state index contributed by atoms with van der Waals surface area (Å²) in [5.41, 5.74) is 0.132. The predicted molar refractivity (Wildman–Crippen MR) is 67.8 cm³/mol. The zero-order chi connectivity index (χ0) is 13.4. The largest absolute Gasteiger partial charge is 0.478 e. The van der Waals surface area contributed by atoms with E-state index in [0.29, 0.717) is 24.9 Å². The number of anilines is 1. The molecule has 0 radical (unpaired) electrons. The average molecular weight is 253 g/mol. The minimum absolute atomic E-state index is 0.132. The quantitative estimate of drug-likeness (QED) is 0.685. The lowest BCUT2D eigenvalue weighted by atomic mass is 10.2. The molecule has 0 saturated carbocycles. The Hall–Kier alpha value is -1.69. The standard InChI is InChI=1S/C12H19N3O3/c1-9(2)8-18-7-3-5-13-11-10(12(16)17)4-6-14-15-11/h4,6,9H,3,5,7-8H2,1-2H3,(H,13,15)(H,16,17). The van der Waals surface area contributed by atoms with Gasteiger partial charge in [-0.2, -0.15) is 5.10 Å². The molecule has 0 aliphatic carbocycles. The molecule has 1 aromatic rings. The van der Waals surface area contributed by atoms with Crippen LogP contribution in [0.25, 0.3) is 0 Å². The van der Waals surface area contributed by atoms with Crippen molar-refractivity contribution in [1.82, 2.24) is 10.2 Å². The molecule has 0 aliphatic heterocycles. The predicted octanol–water partition coefficient (Wildman–Crippen LogP) is 1.65. The maximum Gasteiger partial charge on any atom is 0.339 e. The van der Waals surface area contributed by atoms with E-state index in [1.54, 1.807) is 0 Å².